The molecule has 2 aliphatic heterocycles. The minimum Gasteiger partial charge on any atom is -0.469 e. The minimum atomic E-state index is -0.325. The van der Waals surface area contributed by atoms with Gasteiger partial charge in [0.05, 0.1) is 24.4 Å². The molecular formula is C19H27N3O5. The molecule has 1 aromatic rings. The van der Waals surface area contributed by atoms with Crippen molar-refractivity contribution in [2.45, 2.75) is 26.7 Å². The van der Waals surface area contributed by atoms with Crippen LogP contribution in [0.15, 0.2) is 16.7 Å². The number of piperazine rings is 1. The number of carbonyl (C=O) groups excluding carboxylic acids is 3. The Balaban J connectivity index is 1.55. The van der Waals surface area contributed by atoms with Crippen LogP contribution in [0.1, 0.15) is 35.9 Å². The van der Waals surface area contributed by atoms with E-state index in [1.807, 2.05) is 0 Å². The van der Waals surface area contributed by atoms with Crippen LogP contribution in [-0.2, 0) is 9.53 Å². The molecular weight excluding hydrogens is 350 g/mol. The average molecular weight is 377 g/mol. The topological polar surface area (TPSA) is 83.3 Å². The summed E-state index contributed by atoms with van der Waals surface area (Å²) < 4.78 is 10.2. The average Bonchev–Trinajstić information content (AvgIpc) is 3.13. The molecule has 3 amide bonds. The second-order valence-electron chi connectivity index (χ2n) is 6.99. The van der Waals surface area contributed by atoms with Gasteiger partial charge in [-0.3, -0.25) is 9.59 Å². The fourth-order valence-electron chi connectivity index (χ4n) is 3.72. The highest BCUT2D eigenvalue weighted by Crippen LogP contribution is 2.22. The van der Waals surface area contributed by atoms with Gasteiger partial charge in [-0.2, -0.15) is 0 Å². The second-order valence-corrected chi connectivity index (χ2v) is 6.99. The molecule has 3 heterocycles. The lowest BCUT2D eigenvalue weighted by molar-refractivity contribution is -0.138. The number of amides is 3. The molecule has 0 spiro atoms. The zero-order chi connectivity index (χ0) is 19.4. The molecule has 8 nitrogen and oxygen atoms in total. The fourth-order valence-corrected chi connectivity index (χ4v) is 3.72. The molecule has 0 radical (unpaired) electrons. The summed E-state index contributed by atoms with van der Waals surface area (Å²) in [5.74, 6) is 0.401. The number of aryl methyl sites for hydroxylation is 1. The molecule has 0 N–H and O–H groups in total. The first kappa shape index (κ1) is 19.3. The maximum atomic E-state index is 12.9. The smallest absolute Gasteiger partial charge is 0.409 e. The van der Waals surface area contributed by atoms with E-state index in [1.54, 1.807) is 34.6 Å². The Morgan fingerprint density at radius 3 is 2.44 bits per heavy atom. The monoisotopic (exact) mass is 377 g/mol. The first-order valence-electron chi connectivity index (χ1n) is 9.55. The van der Waals surface area contributed by atoms with E-state index in [0.717, 1.165) is 12.8 Å². The molecule has 2 saturated heterocycles. The number of likely N-dealkylation sites (tertiary alicyclic amines) is 1. The number of ether oxygens (including phenoxy) is 1. The Morgan fingerprint density at radius 1 is 1.11 bits per heavy atom. The predicted octanol–water partition coefficient (Wildman–Crippen LogP) is 1.74. The lowest BCUT2D eigenvalue weighted by Gasteiger charge is -2.38. The highest BCUT2D eigenvalue weighted by atomic mass is 16.6. The van der Waals surface area contributed by atoms with Crippen LogP contribution in [0.3, 0.4) is 0 Å². The zero-order valence-corrected chi connectivity index (χ0v) is 16.0. The van der Waals surface area contributed by atoms with Crippen LogP contribution in [0.25, 0.3) is 0 Å². The summed E-state index contributed by atoms with van der Waals surface area (Å²) in [5, 5.41) is 0. The Hall–Kier alpha value is -2.51. The van der Waals surface area contributed by atoms with Crippen LogP contribution in [0.5, 0.6) is 0 Å². The standard InChI is InChI=1S/C19H27N3O5/c1-3-26-19(25)21-10-8-20(9-11-21)17(23)15-5-4-7-22(13-15)18(24)16-6-12-27-14(16)2/h6,12,15H,3-5,7-11,13H2,1-2H3/t15-/m0/s1. The maximum Gasteiger partial charge on any atom is 0.409 e. The molecule has 0 aliphatic carbocycles. The van der Waals surface area contributed by atoms with E-state index in [0.29, 0.717) is 57.2 Å². The van der Waals surface area contributed by atoms with Gasteiger partial charge in [0.25, 0.3) is 5.91 Å². The molecule has 2 fully saturated rings. The molecule has 3 rings (SSSR count). The quantitative estimate of drug-likeness (QED) is 0.801. The van der Waals surface area contributed by atoms with Crippen molar-refractivity contribution < 1.29 is 23.5 Å². The Morgan fingerprint density at radius 2 is 1.81 bits per heavy atom. The molecule has 0 unspecified atom stereocenters. The molecule has 0 saturated carbocycles. The first-order chi connectivity index (χ1) is 13.0. The number of hydrogen-bond donors (Lipinski definition) is 0. The summed E-state index contributed by atoms with van der Waals surface area (Å²) in [6, 6.07) is 1.68. The Kier molecular flexibility index (Phi) is 6.03. The number of carbonyl (C=O) groups is 3. The summed E-state index contributed by atoms with van der Waals surface area (Å²) in [6.45, 7) is 6.94. The van der Waals surface area contributed by atoms with Gasteiger partial charge in [0.2, 0.25) is 5.91 Å². The van der Waals surface area contributed by atoms with E-state index in [4.69, 9.17) is 9.15 Å². The highest BCUT2D eigenvalue weighted by molar-refractivity contribution is 5.95. The van der Waals surface area contributed by atoms with Gasteiger partial charge >= 0.3 is 6.09 Å². The lowest BCUT2D eigenvalue weighted by atomic mass is 9.95. The summed E-state index contributed by atoms with van der Waals surface area (Å²) in [4.78, 5) is 42.6. The van der Waals surface area contributed by atoms with Gasteiger partial charge in [0.1, 0.15) is 5.76 Å². The third-order valence-electron chi connectivity index (χ3n) is 5.26. The molecule has 148 valence electrons. The normalized spacial score (nSPS) is 20.5. The molecule has 1 atom stereocenters. The molecule has 1 aromatic heterocycles. The van der Waals surface area contributed by atoms with Gasteiger partial charge in [0, 0.05) is 39.3 Å². The van der Waals surface area contributed by atoms with Crippen LogP contribution in [0, 0.1) is 12.8 Å². The summed E-state index contributed by atoms with van der Waals surface area (Å²) in [5.41, 5.74) is 0.561. The first-order valence-corrected chi connectivity index (χ1v) is 9.55. The van der Waals surface area contributed by atoms with E-state index in [9.17, 15) is 14.4 Å². The largest absolute Gasteiger partial charge is 0.469 e. The van der Waals surface area contributed by atoms with Crippen molar-refractivity contribution in [2.75, 3.05) is 45.9 Å². The SMILES string of the molecule is CCOC(=O)N1CCN(C(=O)[C@H]2CCCN(C(=O)c3ccoc3C)C2)CC1. The molecule has 8 heteroatoms. The van der Waals surface area contributed by atoms with Crippen molar-refractivity contribution in [3.63, 3.8) is 0 Å². The van der Waals surface area contributed by atoms with Crippen molar-refractivity contribution in [3.8, 4) is 0 Å². The Bertz CT molecular complexity index is 693. The van der Waals surface area contributed by atoms with Gasteiger partial charge in [-0.15, -0.1) is 0 Å². The predicted molar refractivity (Wildman–Crippen MR) is 97.2 cm³/mol. The summed E-state index contributed by atoms with van der Waals surface area (Å²) in [6.07, 6.45) is 2.78. The van der Waals surface area contributed by atoms with Gasteiger partial charge in [-0.25, -0.2) is 4.79 Å². The van der Waals surface area contributed by atoms with Gasteiger partial charge in [-0.1, -0.05) is 0 Å². The van der Waals surface area contributed by atoms with Crippen LogP contribution in [0.4, 0.5) is 4.79 Å². The van der Waals surface area contributed by atoms with Crippen molar-refractivity contribution in [1.82, 2.24) is 14.7 Å². The number of nitrogens with zero attached hydrogens (tertiary/aromatic N) is 3. The van der Waals surface area contributed by atoms with Crippen molar-refractivity contribution in [1.29, 1.82) is 0 Å². The molecule has 2 aliphatic rings. The number of piperidine rings is 1. The number of rotatable bonds is 3. The van der Waals surface area contributed by atoms with Crippen molar-refractivity contribution in [3.05, 3.63) is 23.7 Å². The van der Waals surface area contributed by atoms with Crippen LogP contribution >= 0.6 is 0 Å². The maximum absolute atomic E-state index is 12.9. The lowest BCUT2D eigenvalue weighted by Crippen LogP contribution is -2.54. The molecule has 0 aromatic carbocycles. The zero-order valence-electron chi connectivity index (χ0n) is 16.0. The van der Waals surface area contributed by atoms with Gasteiger partial charge in [0.15, 0.2) is 0 Å². The molecule has 27 heavy (non-hydrogen) atoms. The third kappa shape index (κ3) is 4.26. The molecule has 0 bridgehead atoms. The van der Waals surface area contributed by atoms with E-state index in [1.165, 1.54) is 6.26 Å². The van der Waals surface area contributed by atoms with Gasteiger partial charge in [-0.05, 0) is 32.8 Å². The van der Waals surface area contributed by atoms with Crippen molar-refractivity contribution in [2.24, 2.45) is 5.92 Å². The van der Waals surface area contributed by atoms with Crippen LogP contribution in [0.2, 0.25) is 0 Å². The van der Waals surface area contributed by atoms with E-state index in [-0.39, 0.29) is 23.8 Å². The van der Waals surface area contributed by atoms with Gasteiger partial charge < -0.3 is 23.9 Å². The van der Waals surface area contributed by atoms with E-state index in [2.05, 4.69) is 0 Å². The van der Waals surface area contributed by atoms with Crippen LogP contribution < -0.4 is 0 Å². The Labute approximate surface area is 159 Å². The summed E-state index contributed by atoms with van der Waals surface area (Å²) in [7, 11) is 0. The fraction of sp³-hybridized carbons (Fsp3) is 0.632. The van der Waals surface area contributed by atoms with E-state index < -0.39 is 0 Å². The third-order valence-corrected chi connectivity index (χ3v) is 5.26. The van der Waals surface area contributed by atoms with Crippen LogP contribution in [-0.4, -0.2) is 78.5 Å². The van der Waals surface area contributed by atoms with Crippen molar-refractivity contribution >= 4 is 17.9 Å². The number of furan rings is 1. The van der Waals surface area contributed by atoms with E-state index >= 15 is 0 Å². The number of hydrogen-bond acceptors (Lipinski definition) is 5. The minimum absolute atomic E-state index is 0.0694. The second kappa shape index (κ2) is 8.45. The highest BCUT2D eigenvalue weighted by Gasteiger charge is 2.34. The summed E-state index contributed by atoms with van der Waals surface area (Å²) >= 11 is 0.